The van der Waals surface area contributed by atoms with Gasteiger partial charge in [0.1, 0.15) is 5.69 Å². The molecule has 1 aromatic rings. The lowest BCUT2D eigenvalue weighted by molar-refractivity contribution is -0.141. The summed E-state index contributed by atoms with van der Waals surface area (Å²) in [5.74, 6) is 0. The number of pyridine rings is 1. The minimum atomic E-state index is -4.51. The van der Waals surface area contributed by atoms with E-state index in [9.17, 15) is 22.8 Å². The number of carboxylic acid groups (broad SMARTS) is 1. The van der Waals surface area contributed by atoms with E-state index in [0.29, 0.717) is 44.5 Å². The zero-order valence-electron chi connectivity index (χ0n) is 13.9. The van der Waals surface area contributed by atoms with E-state index in [1.54, 1.807) is 4.90 Å². The van der Waals surface area contributed by atoms with Crippen molar-refractivity contribution in [3.8, 4) is 0 Å². The average Bonchev–Trinajstić information content (AvgIpc) is 2.96. The van der Waals surface area contributed by atoms with Gasteiger partial charge in [-0.2, -0.15) is 13.2 Å². The molecule has 0 aromatic carbocycles. The fraction of sp³-hybridized carbons (Fsp3) is 0.562. The number of carbonyl (C=O) groups is 2. The maximum absolute atomic E-state index is 12.6. The lowest BCUT2D eigenvalue weighted by atomic mass is 9.90. The number of hydrogen-bond acceptors (Lipinski definition) is 3. The van der Waals surface area contributed by atoms with Gasteiger partial charge in [0, 0.05) is 25.2 Å². The molecule has 0 atom stereocenters. The van der Waals surface area contributed by atoms with Gasteiger partial charge in [0.2, 0.25) is 0 Å². The van der Waals surface area contributed by atoms with Gasteiger partial charge in [-0.1, -0.05) is 0 Å². The molecule has 0 radical (unpaired) electrons. The Hall–Kier alpha value is -2.52. The van der Waals surface area contributed by atoms with Crippen LogP contribution in [0.4, 0.5) is 28.4 Å². The zero-order valence-corrected chi connectivity index (χ0v) is 13.9. The number of amides is 3. The highest BCUT2D eigenvalue weighted by molar-refractivity contribution is 5.94. The highest BCUT2D eigenvalue weighted by atomic mass is 19.4. The average molecular weight is 372 g/mol. The molecule has 142 valence electrons. The van der Waals surface area contributed by atoms with Crippen LogP contribution in [-0.2, 0) is 6.18 Å². The van der Waals surface area contributed by atoms with Crippen molar-refractivity contribution in [2.24, 2.45) is 0 Å². The van der Waals surface area contributed by atoms with E-state index in [0.717, 1.165) is 12.3 Å². The Bertz CT molecular complexity index is 672. The predicted octanol–water partition coefficient (Wildman–Crippen LogP) is 2.92. The molecule has 1 aliphatic carbocycles. The second-order valence-electron chi connectivity index (χ2n) is 6.48. The zero-order chi connectivity index (χ0) is 18.9. The fourth-order valence-electron chi connectivity index (χ4n) is 3.55. The molecule has 10 heteroatoms. The molecule has 2 heterocycles. The third-order valence-electron chi connectivity index (χ3n) is 4.86. The first-order chi connectivity index (χ1) is 12.3. The Morgan fingerprint density at radius 2 is 1.88 bits per heavy atom. The summed E-state index contributed by atoms with van der Waals surface area (Å²) in [5, 5.41) is 11.2. The summed E-state index contributed by atoms with van der Waals surface area (Å²) in [6, 6.07) is 1.79. The Kier molecular flexibility index (Phi) is 4.92. The van der Waals surface area contributed by atoms with Crippen molar-refractivity contribution in [2.45, 2.75) is 43.9 Å². The van der Waals surface area contributed by atoms with Crippen LogP contribution in [0.2, 0.25) is 0 Å². The van der Waals surface area contributed by atoms with Crippen LogP contribution in [0, 0.1) is 0 Å². The molecule has 1 saturated heterocycles. The number of aromatic nitrogens is 1. The third kappa shape index (κ3) is 3.83. The minimum Gasteiger partial charge on any atom is -0.465 e. The van der Waals surface area contributed by atoms with Gasteiger partial charge >= 0.3 is 18.3 Å². The lowest BCUT2D eigenvalue weighted by Crippen LogP contribution is -2.45. The minimum absolute atomic E-state index is 0.0155. The van der Waals surface area contributed by atoms with Crippen molar-refractivity contribution in [2.75, 3.05) is 18.0 Å². The monoisotopic (exact) mass is 372 g/mol. The molecule has 1 aromatic heterocycles. The second-order valence-corrected chi connectivity index (χ2v) is 6.48. The smallest absolute Gasteiger partial charge is 0.433 e. The Labute approximate surface area is 147 Å². The molecule has 7 nitrogen and oxygen atoms in total. The van der Waals surface area contributed by atoms with Crippen molar-refractivity contribution in [3.05, 3.63) is 24.0 Å². The number of nitrogens with one attached hydrogen (secondary N) is 1. The van der Waals surface area contributed by atoms with E-state index in [2.05, 4.69) is 10.3 Å². The van der Waals surface area contributed by atoms with Crippen LogP contribution < -0.4 is 10.2 Å². The molecule has 2 aliphatic rings. The molecule has 1 aliphatic heterocycles. The number of nitrogens with zero attached hydrogens (tertiary/aromatic N) is 3. The Morgan fingerprint density at radius 3 is 2.42 bits per heavy atom. The van der Waals surface area contributed by atoms with Crippen LogP contribution in [0.1, 0.15) is 31.4 Å². The maximum atomic E-state index is 12.6. The van der Waals surface area contributed by atoms with Crippen LogP contribution in [-0.4, -0.2) is 52.3 Å². The van der Waals surface area contributed by atoms with Crippen LogP contribution in [0.25, 0.3) is 0 Å². The normalized spacial score (nSPS) is 24.0. The van der Waals surface area contributed by atoms with Gasteiger partial charge in [0.25, 0.3) is 0 Å². The van der Waals surface area contributed by atoms with Crippen molar-refractivity contribution < 1.29 is 27.9 Å². The number of anilines is 1. The van der Waals surface area contributed by atoms with Crippen molar-refractivity contribution in [1.29, 1.82) is 0 Å². The molecule has 2 N–H and O–H groups in total. The summed E-state index contributed by atoms with van der Waals surface area (Å²) >= 11 is 0. The Balaban J connectivity index is 1.61. The van der Waals surface area contributed by atoms with Crippen LogP contribution in [0.3, 0.4) is 0 Å². The van der Waals surface area contributed by atoms with Gasteiger partial charge < -0.3 is 15.3 Å². The number of carbonyl (C=O) groups excluding carboxylic acids is 1. The largest absolute Gasteiger partial charge is 0.465 e. The topological polar surface area (TPSA) is 85.8 Å². The third-order valence-corrected chi connectivity index (χ3v) is 4.86. The van der Waals surface area contributed by atoms with Crippen molar-refractivity contribution in [3.63, 3.8) is 0 Å². The number of alkyl halides is 3. The van der Waals surface area contributed by atoms with Gasteiger partial charge in [0.15, 0.2) is 0 Å². The summed E-state index contributed by atoms with van der Waals surface area (Å²) in [5.41, 5.74) is -0.652. The number of halogens is 3. The van der Waals surface area contributed by atoms with E-state index >= 15 is 0 Å². The first-order valence-electron chi connectivity index (χ1n) is 8.36. The summed E-state index contributed by atoms with van der Waals surface area (Å²) < 4.78 is 37.8. The molecule has 26 heavy (non-hydrogen) atoms. The number of urea groups is 1. The quantitative estimate of drug-likeness (QED) is 0.854. The van der Waals surface area contributed by atoms with Crippen LogP contribution in [0.5, 0.6) is 0 Å². The summed E-state index contributed by atoms with van der Waals surface area (Å²) in [6.07, 6.45) is -1.80. The van der Waals surface area contributed by atoms with Crippen LogP contribution >= 0.6 is 0 Å². The van der Waals surface area contributed by atoms with Gasteiger partial charge in [-0.3, -0.25) is 4.90 Å². The molecule has 2 fully saturated rings. The van der Waals surface area contributed by atoms with E-state index in [1.807, 2.05) is 0 Å². The highest BCUT2D eigenvalue weighted by Gasteiger charge is 2.37. The predicted molar refractivity (Wildman–Crippen MR) is 85.9 cm³/mol. The van der Waals surface area contributed by atoms with Gasteiger partial charge in [0.05, 0.1) is 11.9 Å². The summed E-state index contributed by atoms with van der Waals surface area (Å²) in [4.78, 5) is 29.9. The summed E-state index contributed by atoms with van der Waals surface area (Å²) in [6.45, 7) is 0.876. The SMILES string of the molecule is O=C(O)NC1CCC(N2CCN(c3ccc(C(F)(F)F)nc3)C2=O)CC1. The molecule has 3 rings (SSSR count). The first kappa shape index (κ1) is 18.3. The van der Waals surface area contributed by atoms with E-state index < -0.39 is 18.0 Å². The van der Waals surface area contributed by atoms with E-state index in [4.69, 9.17) is 5.11 Å². The van der Waals surface area contributed by atoms with Gasteiger partial charge in [-0.15, -0.1) is 0 Å². The molecule has 1 saturated carbocycles. The van der Waals surface area contributed by atoms with Crippen molar-refractivity contribution in [1.82, 2.24) is 15.2 Å². The van der Waals surface area contributed by atoms with Gasteiger partial charge in [-0.25, -0.2) is 14.6 Å². The molecular weight excluding hydrogens is 353 g/mol. The molecular formula is C16H19F3N4O3. The fourth-order valence-corrected chi connectivity index (χ4v) is 3.55. The van der Waals surface area contributed by atoms with E-state index in [-0.39, 0.29) is 18.1 Å². The molecule has 0 unspecified atom stereocenters. The molecule has 0 bridgehead atoms. The van der Waals surface area contributed by atoms with E-state index in [1.165, 1.54) is 11.0 Å². The Morgan fingerprint density at radius 1 is 1.19 bits per heavy atom. The second kappa shape index (κ2) is 7.00. The van der Waals surface area contributed by atoms with Gasteiger partial charge in [-0.05, 0) is 37.8 Å². The number of hydrogen-bond donors (Lipinski definition) is 2. The standard InChI is InChI=1S/C16H19F3N4O3/c17-16(18,19)13-6-5-12(9-20-13)23-8-7-22(15(23)26)11-3-1-10(2-4-11)21-14(24)25/h5-6,9-11,21H,1-4,7-8H2,(H,24,25). The molecule has 0 spiro atoms. The highest BCUT2D eigenvalue weighted by Crippen LogP contribution is 2.31. The number of rotatable bonds is 3. The first-order valence-corrected chi connectivity index (χ1v) is 8.36. The van der Waals surface area contributed by atoms with Crippen LogP contribution in [0.15, 0.2) is 18.3 Å². The lowest BCUT2D eigenvalue weighted by Gasteiger charge is -2.34. The maximum Gasteiger partial charge on any atom is 0.433 e. The summed E-state index contributed by atoms with van der Waals surface area (Å²) in [7, 11) is 0. The molecule has 3 amide bonds. The van der Waals surface area contributed by atoms with Crippen molar-refractivity contribution >= 4 is 17.8 Å².